The van der Waals surface area contributed by atoms with Crippen molar-refractivity contribution in [2.45, 2.75) is 25.8 Å². The molecule has 2 rings (SSSR count). The molecule has 0 bridgehead atoms. The van der Waals surface area contributed by atoms with Crippen LogP contribution in [0.4, 0.5) is 0 Å². The molecule has 5 nitrogen and oxygen atoms in total. The molecule has 0 amide bonds. The van der Waals surface area contributed by atoms with E-state index in [-0.39, 0.29) is 6.04 Å². The molecule has 0 saturated carbocycles. The fraction of sp³-hybridized carbons (Fsp3) is 0.600. The SMILES string of the molecule is Cc1ccc(OCCCN2CCC(NS(C)(=O)=O)C2)cc1. The van der Waals surface area contributed by atoms with E-state index in [2.05, 4.69) is 16.5 Å². The Morgan fingerprint density at radius 2 is 2.05 bits per heavy atom. The average molecular weight is 312 g/mol. The first-order chi connectivity index (χ1) is 9.92. The second-order valence-corrected chi connectivity index (χ2v) is 7.47. The van der Waals surface area contributed by atoms with Gasteiger partial charge in [0.25, 0.3) is 0 Å². The highest BCUT2D eigenvalue weighted by atomic mass is 32.2. The fourth-order valence-electron chi connectivity index (χ4n) is 2.55. The first-order valence-electron chi connectivity index (χ1n) is 7.31. The largest absolute Gasteiger partial charge is 0.494 e. The number of rotatable bonds is 7. The van der Waals surface area contributed by atoms with Crippen LogP contribution in [0.1, 0.15) is 18.4 Å². The summed E-state index contributed by atoms with van der Waals surface area (Å²) in [5.41, 5.74) is 1.23. The molecule has 1 aromatic carbocycles. The van der Waals surface area contributed by atoms with Crippen molar-refractivity contribution in [2.75, 3.05) is 32.5 Å². The van der Waals surface area contributed by atoms with E-state index >= 15 is 0 Å². The third kappa shape index (κ3) is 6.03. The van der Waals surface area contributed by atoms with Gasteiger partial charge >= 0.3 is 0 Å². The van der Waals surface area contributed by atoms with Gasteiger partial charge < -0.3 is 9.64 Å². The average Bonchev–Trinajstić information content (AvgIpc) is 2.82. The summed E-state index contributed by atoms with van der Waals surface area (Å²) in [6.45, 7) is 5.41. The van der Waals surface area contributed by atoms with E-state index in [4.69, 9.17) is 4.74 Å². The summed E-state index contributed by atoms with van der Waals surface area (Å²) in [4.78, 5) is 2.28. The fourth-order valence-corrected chi connectivity index (χ4v) is 3.35. The van der Waals surface area contributed by atoms with Crippen LogP contribution in [0, 0.1) is 6.92 Å². The van der Waals surface area contributed by atoms with Crippen molar-refractivity contribution in [3.63, 3.8) is 0 Å². The lowest BCUT2D eigenvalue weighted by Crippen LogP contribution is -2.36. The van der Waals surface area contributed by atoms with Crippen molar-refractivity contribution in [1.29, 1.82) is 0 Å². The summed E-state index contributed by atoms with van der Waals surface area (Å²) >= 11 is 0. The molecule has 1 N–H and O–H groups in total. The minimum absolute atomic E-state index is 0.0537. The highest BCUT2D eigenvalue weighted by molar-refractivity contribution is 7.88. The molecule has 0 radical (unpaired) electrons. The normalized spacial score (nSPS) is 19.8. The molecule has 1 unspecified atom stereocenters. The van der Waals surface area contributed by atoms with Crippen molar-refractivity contribution in [2.24, 2.45) is 0 Å². The number of hydrogen-bond donors (Lipinski definition) is 1. The van der Waals surface area contributed by atoms with Crippen LogP contribution in [0.15, 0.2) is 24.3 Å². The molecule has 1 atom stereocenters. The second kappa shape index (κ2) is 7.24. The maximum Gasteiger partial charge on any atom is 0.208 e. The van der Waals surface area contributed by atoms with Crippen LogP contribution in [-0.2, 0) is 10.0 Å². The number of nitrogens with one attached hydrogen (secondary N) is 1. The van der Waals surface area contributed by atoms with Crippen molar-refractivity contribution in [3.8, 4) is 5.75 Å². The smallest absolute Gasteiger partial charge is 0.208 e. The Kier molecular flexibility index (Phi) is 5.61. The minimum atomic E-state index is -3.10. The molecule has 1 aliphatic heterocycles. The zero-order valence-electron chi connectivity index (χ0n) is 12.7. The van der Waals surface area contributed by atoms with Gasteiger partial charge in [-0.25, -0.2) is 13.1 Å². The first-order valence-corrected chi connectivity index (χ1v) is 9.21. The predicted octanol–water partition coefficient (Wildman–Crippen LogP) is 1.39. The van der Waals surface area contributed by atoms with Crippen LogP contribution in [-0.4, -0.2) is 51.9 Å². The summed E-state index contributed by atoms with van der Waals surface area (Å²) in [5, 5.41) is 0. The maximum absolute atomic E-state index is 11.2. The Morgan fingerprint density at radius 3 is 2.71 bits per heavy atom. The molecule has 1 aliphatic rings. The lowest BCUT2D eigenvalue weighted by Gasteiger charge is -2.16. The minimum Gasteiger partial charge on any atom is -0.494 e. The standard InChI is InChI=1S/C15H24N2O3S/c1-13-4-6-15(7-5-13)20-11-3-9-17-10-8-14(12-17)16-21(2,18)19/h4-7,14,16H,3,8-12H2,1-2H3. The Hall–Kier alpha value is -1.11. The van der Waals surface area contributed by atoms with E-state index < -0.39 is 10.0 Å². The lowest BCUT2D eigenvalue weighted by atomic mass is 10.2. The van der Waals surface area contributed by atoms with Gasteiger partial charge in [-0.15, -0.1) is 0 Å². The molecule has 1 fully saturated rings. The quantitative estimate of drug-likeness (QED) is 0.773. The Labute approximate surface area is 127 Å². The van der Waals surface area contributed by atoms with Crippen LogP contribution < -0.4 is 9.46 Å². The van der Waals surface area contributed by atoms with Gasteiger partial charge in [-0.3, -0.25) is 0 Å². The Morgan fingerprint density at radius 1 is 1.33 bits per heavy atom. The zero-order valence-corrected chi connectivity index (χ0v) is 13.5. The van der Waals surface area contributed by atoms with Gasteiger partial charge in [0.15, 0.2) is 0 Å². The number of nitrogens with zero attached hydrogens (tertiary/aromatic N) is 1. The molecule has 1 saturated heterocycles. The van der Waals surface area contributed by atoms with Crippen LogP contribution in [0.25, 0.3) is 0 Å². The van der Waals surface area contributed by atoms with Gasteiger partial charge in [0.1, 0.15) is 5.75 Å². The Bertz CT molecular complexity index is 543. The van der Waals surface area contributed by atoms with Crippen LogP contribution in [0.5, 0.6) is 5.75 Å². The number of benzene rings is 1. The predicted molar refractivity (Wildman–Crippen MR) is 84.1 cm³/mol. The van der Waals surface area contributed by atoms with Crippen molar-refractivity contribution in [1.82, 2.24) is 9.62 Å². The topological polar surface area (TPSA) is 58.6 Å². The lowest BCUT2D eigenvalue weighted by molar-refractivity contribution is 0.261. The molecule has 0 aromatic heterocycles. The number of likely N-dealkylation sites (tertiary alicyclic amines) is 1. The van der Waals surface area contributed by atoms with Crippen molar-refractivity contribution < 1.29 is 13.2 Å². The second-order valence-electron chi connectivity index (χ2n) is 5.69. The van der Waals surface area contributed by atoms with E-state index in [0.29, 0.717) is 6.61 Å². The van der Waals surface area contributed by atoms with E-state index in [1.54, 1.807) is 0 Å². The maximum atomic E-state index is 11.2. The molecular weight excluding hydrogens is 288 g/mol. The third-order valence-electron chi connectivity index (χ3n) is 3.56. The van der Waals surface area contributed by atoms with E-state index in [9.17, 15) is 8.42 Å². The number of ether oxygens (including phenoxy) is 1. The molecule has 0 aliphatic carbocycles. The summed E-state index contributed by atoms with van der Waals surface area (Å²) in [5.74, 6) is 0.902. The van der Waals surface area contributed by atoms with Crippen LogP contribution >= 0.6 is 0 Å². The summed E-state index contributed by atoms with van der Waals surface area (Å²) in [6.07, 6.45) is 3.04. The highest BCUT2D eigenvalue weighted by Crippen LogP contribution is 2.13. The van der Waals surface area contributed by atoms with Crippen molar-refractivity contribution >= 4 is 10.0 Å². The molecule has 0 spiro atoms. The Balaban J connectivity index is 1.62. The number of hydrogen-bond acceptors (Lipinski definition) is 4. The third-order valence-corrected chi connectivity index (χ3v) is 4.32. The number of aryl methyl sites for hydroxylation is 1. The molecule has 1 heterocycles. The number of sulfonamides is 1. The van der Waals surface area contributed by atoms with E-state index in [1.807, 2.05) is 24.3 Å². The van der Waals surface area contributed by atoms with Gasteiger partial charge in [0.2, 0.25) is 10.0 Å². The van der Waals surface area contributed by atoms with Gasteiger partial charge in [0.05, 0.1) is 12.9 Å². The van der Waals surface area contributed by atoms with Gasteiger partial charge in [0, 0.05) is 19.1 Å². The zero-order chi connectivity index (χ0) is 15.3. The van der Waals surface area contributed by atoms with Gasteiger partial charge in [-0.2, -0.15) is 0 Å². The van der Waals surface area contributed by atoms with Gasteiger partial charge in [-0.1, -0.05) is 17.7 Å². The molecular formula is C15H24N2O3S. The van der Waals surface area contributed by atoms with Crippen molar-refractivity contribution in [3.05, 3.63) is 29.8 Å². The molecule has 1 aromatic rings. The summed E-state index contributed by atoms with van der Waals surface area (Å²) in [7, 11) is -3.10. The van der Waals surface area contributed by atoms with Gasteiger partial charge in [-0.05, 0) is 38.4 Å². The molecule has 21 heavy (non-hydrogen) atoms. The summed E-state index contributed by atoms with van der Waals surface area (Å²) < 4.78 is 30.7. The van der Waals surface area contributed by atoms with E-state index in [1.165, 1.54) is 11.8 Å². The van der Waals surface area contributed by atoms with Crippen LogP contribution in [0.2, 0.25) is 0 Å². The van der Waals surface area contributed by atoms with E-state index in [0.717, 1.165) is 38.2 Å². The van der Waals surface area contributed by atoms with Crippen LogP contribution in [0.3, 0.4) is 0 Å². The first kappa shape index (κ1) is 16.3. The molecule has 6 heteroatoms. The summed E-state index contributed by atoms with van der Waals surface area (Å²) in [6, 6.07) is 8.10. The highest BCUT2D eigenvalue weighted by Gasteiger charge is 2.24. The monoisotopic (exact) mass is 312 g/mol. The molecule has 118 valence electrons.